The first kappa shape index (κ1) is 47.8. The molecular formula is C78H50N4O2. The highest BCUT2D eigenvalue weighted by molar-refractivity contribution is 6.16. The van der Waals surface area contributed by atoms with E-state index in [1.165, 1.54) is 33.0 Å². The molecule has 0 unspecified atom stereocenters. The van der Waals surface area contributed by atoms with Gasteiger partial charge in [-0.2, -0.15) is 0 Å². The van der Waals surface area contributed by atoms with Gasteiger partial charge in [0.2, 0.25) is 0 Å². The molecule has 6 nitrogen and oxygen atoms in total. The predicted molar refractivity (Wildman–Crippen MR) is 344 cm³/mol. The lowest BCUT2D eigenvalue weighted by atomic mass is 9.80. The van der Waals surface area contributed by atoms with E-state index in [4.69, 9.17) is 23.8 Å². The van der Waals surface area contributed by atoms with Crippen molar-refractivity contribution in [1.82, 2.24) is 19.5 Å². The van der Waals surface area contributed by atoms with E-state index in [2.05, 4.69) is 225 Å². The maximum atomic E-state index is 6.35. The summed E-state index contributed by atoms with van der Waals surface area (Å²) in [5.41, 5.74) is 22.9. The largest absolute Gasteiger partial charge is 0.456 e. The first-order valence-electron chi connectivity index (χ1n) is 28.6. The number of aromatic nitrogens is 4. The van der Waals surface area contributed by atoms with Crippen molar-refractivity contribution < 1.29 is 8.83 Å². The van der Waals surface area contributed by atoms with E-state index >= 15 is 0 Å². The Labute approximate surface area is 484 Å². The average Bonchev–Trinajstić information content (AvgIpc) is 2.28. The van der Waals surface area contributed by atoms with Crippen molar-refractivity contribution in [2.45, 2.75) is 19.3 Å². The van der Waals surface area contributed by atoms with Crippen LogP contribution in [0.3, 0.4) is 0 Å². The number of hydrogen-bond acceptors (Lipinski definition) is 5. The van der Waals surface area contributed by atoms with Crippen molar-refractivity contribution in [3.8, 4) is 95.5 Å². The first-order chi connectivity index (χ1) is 41.4. The molecule has 0 radical (unpaired) electrons. The lowest BCUT2D eigenvalue weighted by Crippen LogP contribution is -2.15. The quantitative estimate of drug-likeness (QED) is 0.152. The molecule has 0 N–H and O–H groups in total. The van der Waals surface area contributed by atoms with E-state index < -0.39 is 0 Å². The Morgan fingerprint density at radius 3 is 1.33 bits per heavy atom. The fourth-order valence-corrected chi connectivity index (χ4v) is 13.5. The van der Waals surface area contributed by atoms with Gasteiger partial charge in [-0.25, -0.2) is 15.0 Å². The van der Waals surface area contributed by atoms with Crippen LogP contribution in [0.2, 0.25) is 0 Å². The van der Waals surface area contributed by atoms with E-state index in [0.717, 1.165) is 122 Å². The van der Waals surface area contributed by atoms with Crippen LogP contribution < -0.4 is 0 Å². The van der Waals surface area contributed by atoms with Crippen molar-refractivity contribution in [2.75, 3.05) is 0 Å². The highest BCUT2D eigenvalue weighted by Crippen LogP contribution is 2.54. The predicted octanol–water partition coefficient (Wildman–Crippen LogP) is 20.7. The molecule has 0 amide bonds. The normalized spacial score (nSPS) is 12.7. The standard InChI is InChI=1S/C78H50N4O2/c1-78(2)65-31-13-9-27-56(65)59-37-38-67-72(73(59)78)60-30-10-14-32-66(60)82(67)74-61(53-25-17-23-49(41-53)51-35-39-70-63(43-51)57-28-11-15-33-68(57)83-70)45-55(77-80-75(47-19-5-3-6-20-47)79-76(81-77)48-21-7-4-8-22-48)46-62(74)54-26-18-24-50(42-54)52-36-40-71-64(44-52)58-29-12-16-34-69(58)84-71/h3-46H,1-2H3. The molecule has 394 valence electrons. The average molecular weight is 1080 g/mol. The lowest BCUT2D eigenvalue weighted by Gasteiger charge is -2.23. The Hall–Kier alpha value is -11.0. The zero-order valence-electron chi connectivity index (χ0n) is 46.0. The third kappa shape index (κ3) is 7.47. The van der Waals surface area contributed by atoms with Crippen molar-refractivity contribution >= 4 is 65.7 Å². The van der Waals surface area contributed by atoms with Gasteiger partial charge in [-0.05, 0) is 128 Å². The van der Waals surface area contributed by atoms with Crippen LogP contribution in [0.1, 0.15) is 25.0 Å². The fraction of sp³-hybridized carbons (Fsp3) is 0.0385. The molecule has 84 heavy (non-hydrogen) atoms. The van der Waals surface area contributed by atoms with Crippen LogP contribution in [0, 0.1) is 0 Å². The molecule has 17 rings (SSSR count). The molecule has 0 aliphatic heterocycles. The third-order valence-corrected chi connectivity index (χ3v) is 17.4. The molecule has 6 heteroatoms. The summed E-state index contributed by atoms with van der Waals surface area (Å²) in [5, 5.41) is 6.81. The summed E-state index contributed by atoms with van der Waals surface area (Å²) in [6.07, 6.45) is 0. The summed E-state index contributed by atoms with van der Waals surface area (Å²) in [6.45, 7) is 4.78. The van der Waals surface area contributed by atoms with E-state index in [-0.39, 0.29) is 5.41 Å². The number of benzene rings is 12. The fourth-order valence-electron chi connectivity index (χ4n) is 13.5. The van der Waals surface area contributed by atoms with Gasteiger partial charge < -0.3 is 13.4 Å². The highest BCUT2D eigenvalue weighted by Gasteiger charge is 2.38. The molecule has 0 fully saturated rings. The Kier molecular flexibility index (Phi) is 10.6. The summed E-state index contributed by atoms with van der Waals surface area (Å²) >= 11 is 0. The lowest BCUT2D eigenvalue weighted by molar-refractivity contribution is 0.666. The number of rotatable bonds is 8. The third-order valence-electron chi connectivity index (χ3n) is 17.4. The van der Waals surface area contributed by atoms with Crippen LogP contribution in [0.15, 0.2) is 276 Å². The maximum absolute atomic E-state index is 6.35. The second-order valence-corrected chi connectivity index (χ2v) is 22.6. The van der Waals surface area contributed by atoms with Gasteiger partial charge in [0.05, 0.1) is 16.7 Å². The Morgan fingerprint density at radius 2 is 0.750 bits per heavy atom. The molecule has 4 aromatic heterocycles. The molecule has 0 atom stereocenters. The zero-order valence-corrected chi connectivity index (χ0v) is 46.0. The van der Waals surface area contributed by atoms with Crippen molar-refractivity contribution in [3.63, 3.8) is 0 Å². The molecular weight excluding hydrogens is 1020 g/mol. The Morgan fingerprint density at radius 1 is 0.298 bits per heavy atom. The summed E-state index contributed by atoms with van der Waals surface area (Å²) < 4.78 is 15.2. The van der Waals surface area contributed by atoms with Gasteiger partial charge in [0.25, 0.3) is 0 Å². The number of nitrogens with zero attached hydrogens (tertiary/aromatic N) is 4. The van der Waals surface area contributed by atoms with Crippen molar-refractivity contribution in [3.05, 3.63) is 278 Å². The summed E-state index contributed by atoms with van der Waals surface area (Å²) in [6, 6.07) is 95.4. The molecule has 0 saturated carbocycles. The molecule has 0 spiro atoms. The SMILES string of the molecule is CC1(C)c2ccccc2-c2ccc3c(c21)c1ccccc1n3-c1c(-c2cccc(-c3ccc4oc5ccccc5c4c3)c2)cc(-c2nc(-c3ccccc3)nc(-c3ccccc3)n2)cc1-c1cccc(-c2ccc3oc4ccccc4c3c2)c1. The summed E-state index contributed by atoms with van der Waals surface area (Å²) in [7, 11) is 0. The monoisotopic (exact) mass is 1070 g/mol. The second-order valence-electron chi connectivity index (χ2n) is 22.6. The van der Waals surface area contributed by atoms with Gasteiger partial charge in [0.1, 0.15) is 22.3 Å². The topological polar surface area (TPSA) is 69.9 Å². The first-order valence-corrected chi connectivity index (χ1v) is 28.6. The van der Waals surface area contributed by atoms with Crippen molar-refractivity contribution in [1.29, 1.82) is 0 Å². The Balaban J connectivity index is 0.985. The summed E-state index contributed by atoms with van der Waals surface area (Å²) in [5.74, 6) is 1.76. The maximum Gasteiger partial charge on any atom is 0.164 e. The van der Waals surface area contributed by atoms with E-state index in [1.807, 2.05) is 60.7 Å². The van der Waals surface area contributed by atoms with Gasteiger partial charge >= 0.3 is 0 Å². The van der Waals surface area contributed by atoms with Gasteiger partial charge in [0, 0.05) is 65.5 Å². The van der Waals surface area contributed by atoms with Gasteiger partial charge in [-0.15, -0.1) is 0 Å². The molecule has 1 aliphatic rings. The highest BCUT2D eigenvalue weighted by atomic mass is 16.3. The number of fused-ring (bicyclic) bond motifs is 13. The number of furan rings is 2. The van der Waals surface area contributed by atoms with E-state index in [1.54, 1.807) is 0 Å². The Bertz CT molecular complexity index is 5120. The van der Waals surface area contributed by atoms with Crippen LogP contribution >= 0.6 is 0 Å². The smallest absolute Gasteiger partial charge is 0.164 e. The van der Waals surface area contributed by atoms with Crippen LogP contribution in [0.5, 0.6) is 0 Å². The van der Waals surface area contributed by atoms with Crippen molar-refractivity contribution in [2.24, 2.45) is 0 Å². The van der Waals surface area contributed by atoms with Gasteiger partial charge in [0.15, 0.2) is 17.5 Å². The molecule has 0 saturated heterocycles. The molecule has 0 bridgehead atoms. The van der Waals surface area contributed by atoms with E-state index in [0.29, 0.717) is 17.5 Å². The molecule has 1 aliphatic carbocycles. The van der Waals surface area contributed by atoms with Crippen LogP contribution in [0.25, 0.3) is 161 Å². The van der Waals surface area contributed by atoms with Crippen LogP contribution in [0.4, 0.5) is 0 Å². The van der Waals surface area contributed by atoms with Gasteiger partial charge in [-0.1, -0.05) is 208 Å². The minimum atomic E-state index is -0.271. The number of hydrogen-bond donors (Lipinski definition) is 0. The minimum Gasteiger partial charge on any atom is -0.456 e. The number of para-hydroxylation sites is 3. The molecule has 4 heterocycles. The second kappa shape index (κ2) is 18.5. The zero-order chi connectivity index (χ0) is 55.6. The minimum absolute atomic E-state index is 0.271. The molecule has 12 aromatic carbocycles. The van der Waals surface area contributed by atoms with Crippen LogP contribution in [-0.2, 0) is 5.41 Å². The van der Waals surface area contributed by atoms with Gasteiger partial charge in [-0.3, -0.25) is 0 Å². The van der Waals surface area contributed by atoms with E-state index in [9.17, 15) is 0 Å². The summed E-state index contributed by atoms with van der Waals surface area (Å²) in [4.78, 5) is 16.0. The molecule has 16 aromatic rings. The van der Waals surface area contributed by atoms with Crippen LogP contribution in [-0.4, -0.2) is 19.5 Å².